The van der Waals surface area contributed by atoms with Crippen molar-refractivity contribution < 1.29 is 4.79 Å². The van der Waals surface area contributed by atoms with E-state index in [4.69, 9.17) is 0 Å². The highest BCUT2D eigenvalue weighted by Crippen LogP contribution is 2.47. The van der Waals surface area contributed by atoms with Crippen LogP contribution in [0.15, 0.2) is 17.3 Å². The zero-order valence-electron chi connectivity index (χ0n) is 12.3. The highest BCUT2D eigenvalue weighted by Gasteiger charge is 2.38. The van der Waals surface area contributed by atoms with Crippen LogP contribution in [0.25, 0.3) is 0 Å². The molecule has 1 aliphatic carbocycles. The van der Waals surface area contributed by atoms with Crippen LogP contribution in [0.1, 0.15) is 68.9 Å². The van der Waals surface area contributed by atoms with E-state index in [-0.39, 0.29) is 22.3 Å². The molecule has 3 heteroatoms. The molecule has 0 aromatic heterocycles. The van der Waals surface area contributed by atoms with Crippen molar-refractivity contribution in [2.75, 3.05) is 0 Å². The van der Waals surface area contributed by atoms with Gasteiger partial charge in [-0.1, -0.05) is 27.7 Å². The van der Waals surface area contributed by atoms with Gasteiger partial charge in [-0.15, -0.1) is 4.91 Å². The molecule has 0 amide bonds. The van der Waals surface area contributed by atoms with Gasteiger partial charge in [-0.05, 0) is 59.0 Å². The van der Waals surface area contributed by atoms with Crippen molar-refractivity contribution in [2.24, 2.45) is 5.18 Å². The molecule has 1 aromatic rings. The van der Waals surface area contributed by atoms with Crippen molar-refractivity contribution in [1.29, 1.82) is 0 Å². The van der Waals surface area contributed by atoms with Crippen molar-refractivity contribution in [3.05, 3.63) is 33.7 Å². The molecule has 0 radical (unpaired) electrons. The van der Waals surface area contributed by atoms with Crippen LogP contribution in [0.4, 0.5) is 5.69 Å². The second-order valence-corrected chi connectivity index (χ2v) is 6.83. The van der Waals surface area contributed by atoms with Crippen LogP contribution in [0.2, 0.25) is 0 Å². The second kappa shape index (κ2) is 4.26. The first kappa shape index (κ1) is 13.9. The Morgan fingerprint density at radius 2 is 1.53 bits per heavy atom. The monoisotopic (exact) mass is 259 g/mol. The highest BCUT2D eigenvalue weighted by molar-refractivity contribution is 5.99. The Labute approximate surface area is 114 Å². The van der Waals surface area contributed by atoms with Crippen LogP contribution >= 0.6 is 0 Å². The van der Waals surface area contributed by atoms with Gasteiger partial charge in [-0.2, -0.15) is 0 Å². The predicted octanol–water partition coefficient (Wildman–Crippen LogP) is 4.64. The first-order valence-electron chi connectivity index (χ1n) is 6.72. The maximum absolute atomic E-state index is 11.7. The van der Waals surface area contributed by atoms with E-state index in [1.807, 2.05) is 12.1 Å². The lowest BCUT2D eigenvalue weighted by Crippen LogP contribution is -2.34. The van der Waals surface area contributed by atoms with Crippen LogP contribution in [-0.4, -0.2) is 5.78 Å². The summed E-state index contributed by atoms with van der Waals surface area (Å²) in [5, 5.41) is 3.04. The molecule has 0 heterocycles. The SMILES string of the molecule is CC(=O)c1cc2c(cc1N=O)C(C)(C)CCC2(C)C. The third kappa shape index (κ3) is 2.22. The summed E-state index contributed by atoms with van der Waals surface area (Å²) in [6.45, 7) is 10.2. The molecular weight excluding hydrogens is 238 g/mol. The second-order valence-electron chi connectivity index (χ2n) is 6.83. The molecule has 1 aromatic carbocycles. The smallest absolute Gasteiger partial charge is 0.162 e. The van der Waals surface area contributed by atoms with Crippen molar-refractivity contribution in [1.82, 2.24) is 0 Å². The zero-order chi connectivity index (χ0) is 14.4. The largest absolute Gasteiger partial charge is 0.294 e. The average molecular weight is 259 g/mol. The molecule has 0 fully saturated rings. The first-order valence-corrected chi connectivity index (χ1v) is 6.72. The van der Waals surface area contributed by atoms with Gasteiger partial charge < -0.3 is 0 Å². The van der Waals surface area contributed by atoms with Gasteiger partial charge in [0, 0.05) is 5.56 Å². The summed E-state index contributed by atoms with van der Waals surface area (Å²) in [4.78, 5) is 22.7. The fourth-order valence-corrected chi connectivity index (χ4v) is 2.96. The van der Waals surface area contributed by atoms with E-state index < -0.39 is 0 Å². The minimum absolute atomic E-state index is 0.0274. The van der Waals surface area contributed by atoms with Crippen molar-refractivity contribution in [3.63, 3.8) is 0 Å². The Kier molecular flexibility index (Phi) is 3.12. The molecule has 2 rings (SSSR count). The third-order valence-corrected chi connectivity index (χ3v) is 4.45. The summed E-state index contributed by atoms with van der Waals surface area (Å²) in [5.41, 5.74) is 3.12. The molecule has 0 bridgehead atoms. The summed E-state index contributed by atoms with van der Waals surface area (Å²) < 4.78 is 0. The van der Waals surface area contributed by atoms with E-state index in [0.717, 1.165) is 18.4 Å². The molecule has 0 aliphatic heterocycles. The van der Waals surface area contributed by atoms with Crippen LogP contribution in [0.5, 0.6) is 0 Å². The quantitative estimate of drug-likeness (QED) is 0.574. The van der Waals surface area contributed by atoms with Crippen LogP contribution in [-0.2, 0) is 10.8 Å². The molecule has 19 heavy (non-hydrogen) atoms. The lowest BCUT2D eigenvalue weighted by molar-refractivity contribution is 0.101. The predicted molar refractivity (Wildman–Crippen MR) is 77.2 cm³/mol. The first-order chi connectivity index (χ1) is 8.69. The number of ketones is 1. The molecular formula is C16H21NO2. The number of benzene rings is 1. The maximum atomic E-state index is 11.7. The number of carbonyl (C=O) groups excluding carboxylic acids is 1. The lowest BCUT2D eigenvalue weighted by atomic mass is 9.62. The van der Waals surface area contributed by atoms with E-state index in [1.165, 1.54) is 12.5 Å². The summed E-state index contributed by atoms with van der Waals surface area (Å²) in [5.74, 6) is -0.100. The van der Waals surface area contributed by atoms with Gasteiger partial charge >= 0.3 is 0 Å². The number of Topliss-reactive ketones (excluding diaryl/α,β-unsaturated/α-hetero) is 1. The number of hydrogen-bond donors (Lipinski definition) is 0. The van der Waals surface area contributed by atoms with Gasteiger partial charge in [-0.3, -0.25) is 4.79 Å². The van der Waals surface area contributed by atoms with Crippen LogP contribution in [0.3, 0.4) is 0 Å². The number of carbonyl (C=O) groups is 1. The number of rotatable bonds is 2. The van der Waals surface area contributed by atoms with Gasteiger partial charge in [0.1, 0.15) is 5.69 Å². The fraction of sp³-hybridized carbons (Fsp3) is 0.562. The summed E-state index contributed by atoms with van der Waals surface area (Å²) in [6, 6.07) is 3.70. The minimum atomic E-state index is -0.100. The van der Waals surface area contributed by atoms with E-state index in [0.29, 0.717) is 5.56 Å². The normalized spacial score (nSPS) is 19.6. The molecule has 0 saturated heterocycles. The van der Waals surface area contributed by atoms with Crippen LogP contribution < -0.4 is 0 Å². The van der Waals surface area contributed by atoms with Crippen molar-refractivity contribution in [3.8, 4) is 0 Å². The van der Waals surface area contributed by atoms with Crippen LogP contribution in [0, 0.1) is 4.91 Å². The Hall–Kier alpha value is -1.51. The zero-order valence-corrected chi connectivity index (χ0v) is 12.3. The molecule has 0 spiro atoms. The van der Waals surface area contributed by atoms with Crippen molar-refractivity contribution in [2.45, 2.75) is 58.3 Å². The molecule has 0 N–H and O–H groups in total. The summed E-state index contributed by atoms with van der Waals surface area (Å²) in [6.07, 6.45) is 2.16. The van der Waals surface area contributed by atoms with E-state index in [2.05, 4.69) is 32.9 Å². The molecule has 1 aliphatic rings. The Bertz CT molecular complexity index is 556. The van der Waals surface area contributed by atoms with E-state index >= 15 is 0 Å². The number of nitrogens with zero attached hydrogens (tertiary/aromatic N) is 1. The number of hydrogen-bond acceptors (Lipinski definition) is 3. The Morgan fingerprint density at radius 3 is 1.95 bits per heavy atom. The summed E-state index contributed by atoms with van der Waals surface area (Å²) in [7, 11) is 0. The Morgan fingerprint density at radius 1 is 1.05 bits per heavy atom. The standard InChI is InChI=1S/C16H21NO2/c1-10(18)11-8-12-13(9-14(11)17-19)16(4,5)7-6-15(12,2)3/h8-9H,6-7H2,1-5H3. The van der Waals surface area contributed by atoms with Gasteiger partial charge in [0.2, 0.25) is 0 Å². The van der Waals surface area contributed by atoms with Gasteiger partial charge in [0.05, 0.1) is 0 Å². The lowest BCUT2D eigenvalue weighted by Gasteiger charge is -2.42. The number of fused-ring (bicyclic) bond motifs is 1. The highest BCUT2D eigenvalue weighted by atomic mass is 16.3. The Balaban J connectivity index is 2.77. The molecule has 0 atom stereocenters. The van der Waals surface area contributed by atoms with Gasteiger partial charge in [0.15, 0.2) is 5.78 Å². The minimum Gasteiger partial charge on any atom is -0.294 e. The van der Waals surface area contributed by atoms with Crippen molar-refractivity contribution >= 4 is 11.5 Å². The molecule has 0 saturated carbocycles. The molecule has 3 nitrogen and oxygen atoms in total. The molecule has 102 valence electrons. The van der Waals surface area contributed by atoms with Gasteiger partial charge in [-0.25, -0.2) is 0 Å². The summed E-state index contributed by atoms with van der Waals surface area (Å²) >= 11 is 0. The maximum Gasteiger partial charge on any atom is 0.162 e. The molecule has 0 unspecified atom stereocenters. The van der Waals surface area contributed by atoms with E-state index in [9.17, 15) is 9.70 Å². The third-order valence-electron chi connectivity index (χ3n) is 4.45. The average Bonchev–Trinajstić information content (AvgIpc) is 2.33. The van der Waals surface area contributed by atoms with Gasteiger partial charge in [0.25, 0.3) is 0 Å². The fourth-order valence-electron chi connectivity index (χ4n) is 2.96. The number of nitroso groups, excluding NO2 is 1. The topological polar surface area (TPSA) is 46.5 Å². The van der Waals surface area contributed by atoms with E-state index in [1.54, 1.807) is 0 Å².